The minimum absolute atomic E-state index is 0.140. The van der Waals surface area contributed by atoms with E-state index in [9.17, 15) is 14.4 Å². The number of aryl methyl sites for hydroxylation is 2. The zero-order valence-corrected chi connectivity index (χ0v) is 22.3. The molecule has 1 unspecified atom stereocenters. The molecule has 0 aliphatic heterocycles. The fourth-order valence-electron chi connectivity index (χ4n) is 4.19. The number of ether oxygens (including phenoxy) is 2. The molecule has 0 spiro atoms. The second-order valence-electron chi connectivity index (χ2n) is 9.08. The maximum atomic E-state index is 12.6. The molecule has 202 valence electrons. The molecule has 0 fully saturated rings. The van der Waals surface area contributed by atoms with Crippen LogP contribution in [0.1, 0.15) is 55.8 Å². The van der Waals surface area contributed by atoms with Crippen molar-refractivity contribution < 1.29 is 19.1 Å². The predicted octanol–water partition coefficient (Wildman–Crippen LogP) is 3.44. The molecule has 9 nitrogen and oxygen atoms in total. The summed E-state index contributed by atoms with van der Waals surface area (Å²) in [4.78, 5) is 39.9. The van der Waals surface area contributed by atoms with Gasteiger partial charge in [-0.1, -0.05) is 36.4 Å². The van der Waals surface area contributed by atoms with Gasteiger partial charge < -0.3 is 19.8 Å². The zero-order chi connectivity index (χ0) is 27.3. The lowest BCUT2D eigenvalue weighted by atomic mass is 9.95. The first-order chi connectivity index (χ1) is 18.4. The van der Waals surface area contributed by atoms with E-state index in [0.29, 0.717) is 61.9 Å². The minimum atomic E-state index is -0.664. The van der Waals surface area contributed by atoms with Crippen molar-refractivity contribution in [2.24, 2.45) is 5.92 Å². The molecule has 2 aromatic carbocycles. The average Bonchev–Trinajstić information content (AvgIpc) is 2.91. The van der Waals surface area contributed by atoms with Crippen LogP contribution in [-0.2, 0) is 28.9 Å². The van der Waals surface area contributed by atoms with Gasteiger partial charge in [0.25, 0.3) is 5.56 Å². The van der Waals surface area contributed by atoms with E-state index in [1.54, 1.807) is 7.11 Å². The Morgan fingerprint density at radius 1 is 1.00 bits per heavy atom. The van der Waals surface area contributed by atoms with Crippen LogP contribution in [0.15, 0.2) is 53.3 Å². The van der Waals surface area contributed by atoms with Gasteiger partial charge in [0, 0.05) is 13.0 Å². The molecule has 1 atom stereocenters. The Morgan fingerprint density at radius 3 is 2.47 bits per heavy atom. The van der Waals surface area contributed by atoms with Crippen molar-refractivity contribution in [3.8, 4) is 11.5 Å². The lowest BCUT2D eigenvalue weighted by Crippen LogP contribution is -2.35. The molecule has 3 rings (SSSR count). The number of nitrogens with zero attached hydrogens (tertiary/aromatic N) is 2. The van der Waals surface area contributed by atoms with Crippen LogP contribution in [0, 0.1) is 5.92 Å². The standard InChI is InChI=1S/C29H36N4O5/c1-4-38-26-18-22(15-16-25(26)37-3)19-27-31-29(36)24(32-33-27)14-9-17-30-28(35)23(20(2)34)13-8-12-21-10-6-5-7-11-21/h5-7,10-11,15-16,18,23H,4,8-9,12-14,17,19H2,1-3H3,(H,30,35)(H,31,33,36). The van der Waals surface area contributed by atoms with Gasteiger partial charge in [-0.3, -0.25) is 14.4 Å². The number of Topliss-reactive ketones (excluding diaryl/α,β-unsaturated/α-hetero) is 1. The van der Waals surface area contributed by atoms with Crippen LogP contribution in [0.5, 0.6) is 11.5 Å². The van der Waals surface area contributed by atoms with E-state index < -0.39 is 5.92 Å². The van der Waals surface area contributed by atoms with Crippen molar-refractivity contribution in [2.45, 2.75) is 52.4 Å². The van der Waals surface area contributed by atoms with Crippen LogP contribution >= 0.6 is 0 Å². The SMILES string of the molecule is CCOc1cc(Cc2nnc(CCCNC(=O)C(CCCc3ccccc3)C(C)=O)c(=O)[nH]2)ccc1OC. The number of H-pyrrole nitrogens is 1. The van der Waals surface area contributed by atoms with E-state index in [4.69, 9.17) is 9.47 Å². The van der Waals surface area contributed by atoms with Crippen molar-refractivity contribution in [3.63, 3.8) is 0 Å². The van der Waals surface area contributed by atoms with Crippen molar-refractivity contribution in [1.82, 2.24) is 20.5 Å². The third kappa shape index (κ3) is 8.54. The first-order valence-corrected chi connectivity index (χ1v) is 13.0. The van der Waals surface area contributed by atoms with E-state index in [1.165, 1.54) is 12.5 Å². The molecule has 1 amide bonds. The van der Waals surface area contributed by atoms with Gasteiger partial charge in [0.05, 0.1) is 19.6 Å². The first kappa shape index (κ1) is 28.6. The van der Waals surface area contributed by atoms with Crippen LogP contribution in [-0.4, -0.2) is 47.1 Å². The number of methoxy groups -OCH3 is 1. The number of hydrogen-bond acceptors (Lipinski definition) is 7. The lowest BCUT2D eigenvalue weighted by molar-refractivity contribution is -0.133. The number of benzene rings is 2. The van der Waals surface area contributed by atoms with Gasteiger partial charge in [-0.25, -0.2) is 0 Å². The second-order valence-corrected chi connectivity index (χ2v) is 9.08. The molecule has 38 heavy (non-hydrogen) atoms. The number of amides is 1. The maximum Gasteiger partial charge on any atom is 0.272 e. The molecule has 9 heteroatoms. The fraction of sp³-hybridized carbons (Fsp3) is 0.414. The highest BCUT2D eigenvalue weighted by molar-refractivity contribution is 6.00. The summed E-state index contributed by atoms with van der Waals surface area (Å²) in [5.41, 5.74) is 2.09. The summed E-state index contributed by atoms with van der Waals surface area (Å²) < 4.78 is 10.9. The molecule has 3 aromatic rings. The molecule has 0 saturated carbocycles. The Balaban J connectivity index is 1.47. The normalized spacial score (nSPS) is 11.6. The molecule has 0 saturated heterocycles. The first-order valence-electron chi connectivity index (χ1n) is 13.0. The number of hydrogen-bond donors (Lipinski definition) is 2. The average molecular weight is 521 g/mol. The summed E-state index contributed by atoms with van der Waals surface area (Å²) in [6, 6.07) is 15.6. The lowest BCUT2D eigenvalue weighted by Gasteiger charge is -2.14. The van der Waals surface area contributed by atoms with E-state index in [1.807, 2.05) is 55.5 Å². The number of aromatic nitrogens is 3. The highest BCUT2D eigenvalue weighted by Gasteiger charge is 2.22. The molecule has 0 aliphatic rings. The molecule has 0 bridgehead atoms. The predicted molar refractivity (Wildman–Crippen MR) is 145 cm³/mol. The number of rotatable bonds is 15. The van der Waals surface area contributed by atoms with Gasteiger partial charge in [0.15, 0.2) is 11.5 Å². The Hall–Kier alpha value is -4.01. The van der Waals surface area contributed by atoms with Crippen LogP contribution in [0.2, 0.25) is 0 Å². The molecule has 0 aliphatic carbocycles. The highest BCUT2D eigenvalue weighted by Crippen LogP contribution is 2.28. The molecular formula is C29H36N4O5. The van der Waals surface area contributed by atoms with E-state index in [0.717, 1.165) is 18.4 Å². The monoisotopic (exact) mass is 520 g/mol. The van der Waals surface area contributed by atoms with E-state index in [-0.39, 0.29) is 17.2 Å². The highest BCUT2D eigenvalue weighted by atomic mass is 16.5. The van der Waals surface area contributed by atoms with Crippen LogP contribution < -0.4 is 20.3 Å². The van der Waals surface area contributed by atoms with Crippen LogP contribution in [0.25, 0.3) is 0 Å². The largest absolute Gasteiger partial charge is 0.493 e. The third-order valence-corrected chi connectivity index (χ3v) is 6.21. The third-order valence-electron chi connectivity index (χ3n) is 6.21. The number of carbonyl (C=O) groups is 2. The summed E-state index contributed by atoms with van der Waals surface area (Å²) in [6.07, 6.45) is 3.33. The summed E-state index contributed by atoms with van der Waals surface area (Å²) in [5.74, 6) is 0.636. The van der Waals surface area contributed by atoms with Gasteiger partial charge in [-0.05, 0) is 69.2 Å². The Labute approximate surface area is 223 Å². The van der Waals surface area contributed by atoms with Crippen molar-refractivity contribution in [3.05, 3.63) is 81.5 Å². The fourth-order valence-corrected chi connectivity index (χ4v) is 4.19. The number of ketones is 1. The van der Waals surface area contributed by atoms with Crippen molar-refractivity contribution >= 4 is 11.7 Å². The van der Waals surface area contributed by atoms with Crippen molar-refractivity contribution in [2.75, 3.05) is 20.3 Å². The molecular weight excluding hydrogens is 484 g/mol. The Bertz CT molecular complexity index is 1260. The van der Waals surface area contributed by atoms with Gasteiger partial charge in [-0.2, -0.15) is 0 Å². The summed E-state index contributed by atoms with van der Waals surface area (Å²) in [7, 11) is 1.58. The summed E-state index contributed by atoms with van der Waals surface area (Å²) in [5, 5.41) is 11.1. The number of carbonyl (C=O) groups excluding carboxylic acids is 2. The van der Waals surface area contributed by atoms with Crippen LogP contribution in [0.3, 0.4) is 0 Å². The summed E-state index contributed by atoms with van der Waals surface area (Å²) >= 11 is 0. The summed E-state index contributed by atoms with van der Waals surface area (Å²) in [6.45, 7) is 4.20. The quantitative estimate of drug-likeness (QED) is 0.232. The number of aromatic amines is 1. The van der Waals surface area contributed by atoms with Gasteiger partial charge in [0.1, 0.15) is 17.3 Å². The molecule has 1 heterocycles. The second kappa shape index (κ2) is 14.7. The molecule has 2 N–H and O–H groups in total. The van der Waals surface area contributed by atoms with Crippen molar-refractivity contribution in [1.29, 1.82) is 0 Å². The zero-order valence-electron chi connectivity index (χ0n) is 22.3. The van der Waals surface area contributed by atoms with Gasteiger partial charge >= 0.3 is 0 Å². The van der Waals surface area contributed by atoms with E-state index >= 15 is 0 Å². The van der Waals surface area contributed by atoms with Gasteiger partial charge in [0.2, 0.25) is 5.91 Å². The molecule has 1 aromatic heterocycles. The topological polar surface area (TPSA) is 123 Å². The van der Waals surface area contributed by atoms with E-state index in [2.05, 4.69) is 20.5 Å². The minimum Gasteiger partial charge on any atom is -0.493 e. The van der Waals surface area contributed by atoms with Crippen LogP contribution in [0.4, 0.5) is 0 Å². The Morgan fingerprint density at radius 2 is 1.79 bits per heavy atom. The smallest absolute Gasteiger partial charge is 0.272 e. The Kier molecular flexibility index (Phi) is 11.0. The number of nitrogens with one attached hydrogen (secondary N) is 2. The maximum absolute atomic E-state index is 12.6. The van der Waals surface area contributed by atoms with Gasteiger partial charge in [-0.15, -0.1) is 10.2 Å². The molecule has 0 radical (unpaired) electrons.